The number of hydrogen-bond donors (Lipinski definition) is 1. The smallest absolute Gasteiger partial charge is 0.154 e. The Labute approximate surface area is 140 Å². The summed E-state index contributed by atoms with van der Waals surface area (Å²) in [6.45, 7) is 3.37. The molecule has 0 saturated heterocycles. The van der Waals surface area contributed by atoms with Gasteiger partial charge in [-0.3, -0.25) is 0 Å². The van der Waals surface area contributed by atoms with Gasteiger partial charge in [0.1, 0.15) is 11.3 Å². The van der Waals surface area contributed by atoms with E-state index in [4.69, 9.17) is 4.42 Å². The van der Waals surface area contributed by atoms with E-state index in [1.807, 2.05) is 25.1 Å². The fraction of sp³-hybridized carbons (Fsp3) is 0.158. The van der Waals surface area contributed by atoms with Gasteiger partial charge in [-0.1, -0.05) is 30.3 Å². The summed E-state index contributed by atoms with van der Waals surface area (Å²) in [5, 5.41) is 3.41. The van der Waals surface area contributed by atoms with Gasteiger partial charge in [0.25, 0.3) is 0 Å². The number of benzene rings is 1. The van der Waals surface area contributed by atoms with Crippen LogP contribution in [0.1, 0.15) is 17.0 Å². The second-order valence-electron chi connectivity index (χ2n) is 5.77. The first kappa shape index (κ1) is 14.5. The molecule has 0 spiro atoms. The van der Waals surface area contributed by atoms with Gasteiger partial charge < -0.3 is 14.3 Å². The molecule has 0 aliphatic carbocycles. The Morgan fingerprint density at radius 1 is 1.04 bits per heavy atom. The Balaban J connectivity index is 1.70. The number of nitrogens with zero attached hydrogens (tertiary/aromatic N) is 3. The van der Waals surface area contributed by atoms with Gasteiger partial charge in [-0.2, -0.15) is 0 Å². The lowest BCUT2D eigenvalue weighted by atomic mass is 10.2. The molecule has 0 amide bonds. The van der Waals surface area contributed by atoms with E-state index in [1.54, 1.807) is 12.5 Å². The van der Waals surface area contributed by atoms with Crippen molar-refractivity contribution < 1.29 is 4.42 Å². The molecule has 5 nitrogen and oxygen atoms in total. The summed E-state index contributed by atoms with van der Waals surface area (Å²) in [7, 11) is 0. The van der Waals surface area contributed by atoms with Crippen molar-refractivity contribution in [1.29, 1.82) is 0 Å². The normalized spacial score (nSPS) is 11.0. The highest BCUT2D eigenvalue weighted by Crippen LogP contribution is 2.23. The van der Waals surface area contributed by atoms with Gasteiger partial charge in [-0.15, -0.1) is 0 Å². The second-order valence-corrected chi connectivity index (χ2v) is 5.77. The van der Waals surface area contributed by atoms with E-state index in [9.17, 15) is 0 Å². The lowest BCUT2D eigenvalue weighted by molar-refractivity contribution is 0.564. The quantitative estimate of drug-likeness (QED) is 0.604. The molecule has 120 valence electrons. The summed E-state index contributed by atoms with van der Waals surface area (Å²) in [6.07, 6.45) is 5.48. The van der Waals surface area contributed by atoms with Crippen molar-refractivity contribution in [3.63, 3.8) is 0 Å². The lowest BCUT2D eigenvalue weighted by Gasteiger charge is -2.11. The molecule has 4 rings (SSSR count). The molecule has 24 heavy (non-hydrogen) atoms. The summed E-state index contributed by atoms with van der Waals surface area (Å²) in [4.78, 5) is 9.15. The predicted octanol–water partition coefficient (Wildman–Crippen LogP) is 3.99. The van der Waals surface area contributed by atoms with Crippen LogP contribution in [0.5, 0.6) is 0 Å². The van der Waals surface area contributed by atoms with Crippen molar-refractivity contribution in [3.05, 3.63) is 78.1 Å². The third-order valence-corrected chi connectivity index (χ3v) is 3.96. The molecule has 3 heterocycles. The minimum absolute atomic E-state index is 0.665. The summed E-state index contributed by atoms with van der Waals surface area (Å²) < 4.78 is 7.31. The van der Waals surface area contributed by atoms with E-state index in [0.717, 1.165) is 34.8 Å². The van der Waals surface area contributed by atoms with Gasteiger partial charge >= 0.3 is 0 Å². The van der Waals surface area contributed by atoms with Crippen molar-refractivity contribution >= 4 is 16.9 Å². The molecule has 1 N–H and O–H groups in total. The first-order chi connectivity index (χ1) is 11.8. The highest BCUT2D eigenvalue weighted by atomic mass is 16.3. The third-order valence-electron chi connectivity index (χ3n) is 3.96. The molecular formula is C19H18N4O. The molecule has 0 radical (unpaired) electrons. The minimum atomic E-state index is 0.665. The van der Waals surface area contributed by atoms with Crippen LogP contribution >= 0.6 is 0 Å². The Morgan fingerprint density at radius 2 is 1.92 bits per heavy atom. The number of anilines is 1. The van der Waals surface area contributed by atoms with Gasteiger partial charge in [0, 0.05) is 24.8 Å². The monoisotopic (exact) mass is 318 g/mol. The van der Waals surface area contributed by atoms with Crippen LogP contribution in [0.15, 0.2) is 65.6 Å². The number of nitrogens with one attached hydrogen (secondary N) is 1. The van der Waals surface area contributed by atoms with Crippen LogP contribution < -0.4 is 5.32 Å². The maximum atomic E-state index is 5.12. The summed E-state index contributed by atoms with van der Waals surface area (Å²) in [6, 6.07) is 14.4. The number of fused-ring (bicyclic) bond motifs is 1. The van der Waals surface area contributed by atoms with E-state index in [-0.39, 0.29) is 0 Å². The van der Waals surface area contributed by atoms with E-state index in [1.165, 1.54) is 5.56 Å². The van der Waals surface area contributed by atoms with Crippen molar-refractivity contribution in [2.75, 3.05) is 5.32 Å². The van der Waals surface area contributed by atoms with Crippen molar-refractivity contribution in [1.82, 2.24) is 14.5 Å². The molecule has 0 bridgehead atoms. The second kappa shape index (κ2) is 6.20. The Bertz CT molecular complexity index is 942. The van der Waals surface area contributed by atoms with E-state index >= 15 is 0 Å². The van der Waals surface area contributed by atoms with Crippen molar-refractivity contribution in [2.24, 2.45) is 0 Å². The van der Waals surface area contributed by atoms with Crippen LogP contribution in [0.25, 0.3) is 11.0 Å². The fourth-order valence-corrected chi connectivity index (χ4v) is 2.84. The maximum Gasteiger partial charge on any atom is 0.154 e. The Hall–Kier alpha value is -3.08. The molecular weight excluding hydrogens is 300 g/mol. The van der Waals surface area contributed by atoms with Crippen molar-refractivity contribution in [3.8, 4) is 0 Å². The molecule has 0 aliphatic rings. The van der Waals surface area contributed by atoms with Gasteiger partial charge in [-0.05, 0) is 24.6 Å². The van der Waals surface area contributed by atoms with Crippen LogP contribution in [0.4, 0.5) is 5.82 Å². The Kier molecular flexibility index (Phi) is 3.75. The number of aromatic nitrogens is 3. The largest absolute Gasteiger partial charge is 0.472 e. The number of aryl methyl sites for hydroxylation is 1. The topological polar surface area (TPSA) is 55.9 Å². The minimum Gasteiger partial charge on any atom is -0.472 e. The third kappa shape index (κ3) is 2.88. The maximum absolute atomic E-state index is 5.12. The predicted molar refractivity (Wildman–Crippen MR) is 93.8 cm³/mol. The van der Waals surface area contributed by atoms with E-state index < -0.39 is 0 Å². The Morgan fingerprint density at radius 3 is 2.71 bits per heavy atom. The van der Waals surface area contributed by atoms with Crippen LogP contribution in [-0.2, 0) is 13.1 Å². The highest BCUT2D eigenvalue weighted by molar-refractivity contribution is 5.86. The zero-order valence-corrected chi connectivity index (χ0v) is 13.4. The zero-order valence-electron chi connectivity index (χ0n) is 13.4. The van der Waals surface area contributed by atoms with Gasteiger partial charge in [-0.25, -0.2) is 9.97 Å². The molecule has 0 saturated carbocycles. The van der Waals surface area contributed by atoms with E-state index in [0.29, 0.717) is 6.54 Å². The summed E-state index contributed by atoms with van der Waals surface area (Å²) >= 11 is 0. The summed E-state index contributed by atoms with van der Waals surface area (Å²) in [5.74, 6) is 1.61. The van der Waals surface area contributed by atoms with Crippen LogP contribution in [0.2, 0.25) is 0 Å². The van der Waals surface area contributed by atoms with Crippen LogP contribution in [0, 0.1) is 6.92 Å². The highest BCUT2D eigenvalue weighted by Gasteiger charge is 2.11. The standard InChI is InChI=1S/C19H18N4O/c1-14-21-17-7-9-23(12-15-5-3-2-4-6-15)18(17)19(22-14)20-11-16-8-10-24-13-16/h2-10,13H,11-12H2,1H3,(H,20,21,22). The average molecular weight is 318 g/mol. The molecule has 0 unspecified atom stereocenters. The first-order valence-electron chi connectivity index (χ1n) is 7.92. The number of furan rings is 1. The summed E-state index contributed by atoms with van der Waals surface area (Å²) in [5.41, 5.74) is 4.30. The van der Waals surface area contributed by atoms with Gasteiger partial charge in [0.05, 0.1) is 18.0 Å². The van der Waals surface area contributed by atoms with Crippen molar-refractivity contribution in [2.45, 2.75) is 20.0 Å². The van der Waals surface area contributed by atoms with Crippen LogP contribution in [0.3, 0.4) is 0 Å². The SMILES string of the molecule is Cc1nc(NCc2ccoc2)c2c(ccn2Cc2ccccc2)n1. The molecule has 0 fully saturated rings. The number of rotatable bonds is 5. The molecule has 3 aromatic heterocycles. The molecule has 0 aliphatic heterocycles. The first-order valence-corrected chi connectivity index (χ1v) is 7.92. The van der Waals surface area contributed by atoms with Crippen LogP contribution in [-0.4, -0.2) is 14.5 Å². The molecule has 5 heteroatoms. The van der Waals surface area contributed by atoms with Gasteiger partial charge in [0.2, 0.25) is 0 Å². The fourth-order valence-electron chi connectivity index (χ4n) is 2.84. The van der Waals surface area contributed by atoms with E-state index in [2.05, 4.69) is 50.3 Å². The molecule has 1 aromatic carbocycles. The molecule has 0 atom stereocenters. The number of hydrogen-bond acceptors (Lipinski definition) is 4. The zero-order chi connectivity index (χ0) is 16.4. The van der Waals surface area contributed by atoms with Gasteiger partial charge in [0.15, 0.2) is 5.82 Å². The lowest BCUT2D eigenvalue weighted by Crippen LogP contribution is -2.07. The molecule has 4 aromatic rings. The average Bonchev–Trinajstić information content (AvgIpc) is 3.24.